The lowest BCUT2D eigenvalue weighted by molar-refractivity contribution is 0.224. The topological polar surface area (TPSA) is 35.5 Å². The Morgan fingerprint density at radius 1 is 1.26 bits per heavy atom. The van der Waals surface area contributed by atoms with Crippen LogP contribution in [-0.4, -0.2) is 36.7 Å². The molecule has 0 bridgehead atoms. The van der Waals surface area contributed by atoms with E-state index < -0.39 is 0 Å². The highest BCUT2D eigenvalue weighted by atomic mass is 35.5. The number of aromatic hydroxyl groups is 1. The van der Waals surface area contributed by atoms with Crippen molar-refractivity contribution in [1.29, 1.82) is 0 Å². The number of rotatable bonds is 6. The molecule has 0 aromatic heterocycles. The van der Waals surface area contributed by atoms with Gasteiger partial charge in [0.05, 0.1) is 5.02 Å². The second-order valence-corrected chi connectivity index (χ2v) is 6.14. The van der Waals surface area contributed by atoms with E-state index >= 15 is 0 Å². The molecule has 1 unspecified atom stereocenters. The molecule has 19 heavy (non-hydrogen) atoms. The van der Waals surface area contributed by atoms with Crippen LogP contribution in [0.3, 0.4) is 0 Å². The zero-order valence-corrected chi connectivity index (χ0v) is 13.4. The van der Waals surface area contributed by atoms with Gasteiger partial charge < -0.3 is 15.3 Å². The van der Waals surface area contributed by atoms with Crippen LogP contribution in [0.15, 0.2) is 12.1 Å². The van der Waals surface area contributed by atoms with Crippen molar-refractivity contribution >= 4 is 23.2 Å². The van der Waals surface area contributed by atoms with Gasteiger partial charge in [0.25, 0.3) is 0 Å². The number of likely N-dealkylation sites (N-methyl/N-ethyl adjacent to an activating group) is 1. The van der Waals surface area contributed by atoms with E-state index in [1.54, 1.807) is 12.1 Å². The van der Waals surface area contributed by atoms with Crippen LogP contribution in [0, 0.1) is 5.92 Å². The Balaban J connectivity index is 2.62. The highest BCUT2D eigenvalue weighted by molar-refractivity contribution is 6.35. The summed E-state index contributed by atoms with van der Waals surface area (Å²) in [5.41, 5.74) is 0.721. The van der Waals surface area contributed by atoms with Gasteiger partial charge in [0.15, 0.2) is 0 Å². The van der Waals surface area contributed by atoms with Crippen molar-refractivity contribution in [1.82, 2.24) is 10.2 Å². The van der Waals surface area contributed by atoms with Crippen molar-refractivity contribution in [2.75, 3.05) is 20.6 Å². The summed E-state index contributed by atoms with van der Waals surface area (Å²) >= 11 is 11.8. The van der Waals surface area contributed by atoms with Crippen molar-refractivity contribution in [3.8, 4) is 5.75 Å². The van der Waals surface area contributed by atoms with E-state index in [9.17, 15) is 5.11 Å². The predicted molar refractivity (Wildman–Crippen MR) is 82.1 cm³/mol. The van der Waals surface area contributed by atoms with Crippen LogP contribution in [-0.2, 0) is 6.54 Å². The van der Waals surface area contributed by atoms with E-state index in [-0.39, 0.29) is 10.8 Å². The Morgan fingerprint density at radius 3 is 2.42 bits per heavy atom. The van der Waals surface area contributed by atoms with Crippen LogP contribution in [0.4, 0.5) is 0 Å². The quantitative estimate of drug-likeness (QED) is 0.846. The maximum absolute atomic E-state index is 9.86. The first kappa shape index (κ1) is 16.6. The van der Waals surface area contributed by atoms with Crippen LogP contribution >= 0.6 is 23.2 Å². The first-order valence-electron chi connectivity index (χ1n) is 6.37. The highest BCUT2D eigenvalue weighted by Crippen LogP contribution is 2.30. The second-order valence-electron chi connectivity index (χ2n) is 5.30. The van der Waals surface area contributed by atoms with Gasteiger partial charge in [-0.05, 0) is 32.1 Å². The molecular formula is C14H22Cl2N2O. The molecule has 0 spiro atoms. The molecule has 1 atom stereocenters. The molecule has 3 nitrogen and oxygen atoms in total. The molecule has 0 heterocycles. The van der Waals surface area contributed by atoms with Gasteiger partial charge in [0.1, 0.15) is 5.75 Å². The third-order valence-electron chi connectivity index (χ3n) is 3.21. The molecule has 0 saturated heterocycles. The number of nitrogens with one attached hydrogen (secondary N) is 1. The second kappa shape index (κ2) is 7.34. The van der Waals surface area contributed by atoms with Crippen LogP contribution in [0.5, 0.6) is 5.75 Å². The predicted octanol–water partition coefficient (Wildman–Crippen LogP) is 3.37. The number of nitrogens with zero attached hydrogens (tertiary/aromatic N) is 1. The lowest BCUT2D eigenvalue weighted by Gasteiger charge is -2.28. The minimum atomic E-state index is 0.101. The first-order valence-corrected chi connectivity index (χ1v) is 7.12. The Kier molecular flexibility index (Phi) is 6.40. The molecule has 1 rings (SSSR count). The smallest absolute Gasteiger partial charge is 0.138 e. The number of phenols is 1. The molecule has 0 aliphatic carbocycles. The lowest BCUT2D eigenvalue weighted by atomic mass is 10.0. The van der Waals surface area contributed by atoms with Crippen LogP contribution in [0.2, 0.25) is 10.0 Å². The molecule has 5 heteroatoms. The van der Waals surface area contributed by atoms with Crippen molar-refractivity contribution in [3.05, 3.63) is 27.7 Å². The zero-order chi connectivity index (χ0) is 14.6. The number of phenolic OH excluding ortho intramolecular Hbond substituents is 1. The summed E-state index contributed by atoms with van der Waals surface area (Å²) in [5.74, 6) is 0.656. The Morgan fingerprint density at radius 2 is 1.89 bits per heavy atom. The van der Waals surface area contributed by atoms with Gasteiger partial charge in [-0.3, -0.25) is 0 Å². The van der Waals surface area contributed by atoms with Crippen LogP contribution in [0.25, 0.3) is 0 Å². The fourth-order valence-electron chi connectivity index (χ4n) is 2.12. The molecule has 0 aliphatic heterocycles. The standard InChI is InChI=1S/C14H22Cl2N2O/c1-9(2)13(18(3)4)8-17-7-10-5-11(15)6-12(16)14(10)19/h5-6,9,13,17,19H,7-8H2,1-4H3. The maximum Gasteiger partial charge on any atom is 0.138 e. The van der Waals surface area contributed by atoms with Crippen molar-refractivity contribution < 1.29 is 5.11 Å². The monoisotopic (exact) mass is 304 g/mol. The molecule has 108 valence electrons. The fourth-order valence-corrected chi connectivity index (χ4v) is 2.66. The summed E-state index contributed by atoms with van der Waals surface area (Å²) in [6.07, 6.45) is 0. The van der Waals surface area contributed by atoms with E-state index in [2.05, 4.69) is 38.2 Å². The molecule has 0 radical (unpaired) electrons. The molecule has 0 saturated carbocycles. The van der Waals surface area contributed by atoms with Crippen molar-refractivity contribution in [2.45, 2.75) is 26.4 Å². The number of benzene rings is 1. The SMILES string of the molecule is CC(C)C(CNCc1cc(Cl)cc(Cl)c1O)N(C)C. The van der Waals surface area contributed by atoms with Crippen molar-refractivity contribution in [2.24, 2.45) is 5.92 Å². The summed E-state index contributed by atoms with van der Waals surface area (Å²) in [5, 5.41) is 14.0. The summed E-state index contributed by atoms with van der Waals surface area (Å²) in [6.45, 7) is 5.78. The number of hydrogen-bond acceptors (Lipinski definition) is 3. The average Bonchev–Trinajstić information content (AvgIpc) is 2.29. The first-order chi connectivity index (χ1) is 8.82. The minimum Gasteiger partial charge on any atom is -0.506 e. The summed E-state index contributed by atoms with van der Waals surface area (Å²) in [4.78, 5) is 2.20. The van der Waals surface area contributed by atoms with Gasteiger partial charge in [-0.25, -0.2) is 0 Å². The largest absolute Gasteiger partial charge is 0.506 e. The third kappa shape index (κ3) is 4.84. The third-order valence-corrected chi connectivity index (χ3v) is 3.72. The number of hydrogen-bond donors (Lipinski definition) is 2. The fraction of sp³-hybridized carbons (Fsp3) is 0.571. The van der Waals surface area contributed by atoms with Crippen LogP contribution in [0.1, 0.15) is 19.4 Å². The maximum atomic E-state index is 9.86. The summed E-state index contributed by atoms with van der Waals surface area (Å²) in [7, 11) is 4.14. The van der Waals surface area contributed by atoms with E-state index in [0.29, 0.717) is 23.5 Å². The normalized spacial score (nSPS) is 13.3. The molecule has 0 fully saturated rings. The van der Waals surface area contributed by atoms with E-state index in [0.717, 1.165) is 12.1 Å². The zero-order valence-electron chi connectivity index (χ0n) is 11.9. The van der Waals surface area contributed by atoms with Gasteiger partial charge in [-0.1, -0.05) is 37.0 Å². The summed E-state index contributed by atoms with van der Waals surface area (Å²) in [6, 6.07) is 3.71. The Hall–Kier alpha value is -0.480. The highest BCUT2D eigenvalue weighted by Gasteiger charge is 2.15. The Labute approximate surface area is 125 Å². The van der Waals surface area contributed by atoms with Gasteiger partial charge in [0, 0.05) is 29.7 Å². The molecule has 2 N–H and O–H groups in total. The van der Waals surface area contributed by atoms with E-state index in [1.165, 1.54) is 0 Å². The lowest BCUT2D eigenvalue weighted by Crippen LogP contribution is -2.41. The molecule has 1 aromatic carbocycles. The van der Waals surface area contributed by atoms with Gasteiger partial charge in [-0.2, -0.15) is 0 Å². The van der Waals surface area contributed by atoms with Gasteiger partial charge in [-0.15, -0.1) is 0 Å². The molecular weight excluding hydrogens is 283 g/mol. The van der Waals surface area contributed by atoms with Crippen LogP contribution < -0.4 is 5.32 Å². The molecule has 0 aliphatic rings. The average molecular weight is 305 g/mol. The molecule has 1 aromatic rings. The van der Waals surface area contributed by atoms with E-state index in [1.807, 2.05) is 0 Å². The summed E-state index contributed by atoms with van der Waals surface area (Å²) < 4.78 is 0. The van der Waals surface area contributed by atoms with Gasteiger partial charge in [0.2, 0.25) is 0 Å². The number of halogens is 2. The van der Waals surface area contributed by atoms with E-state index in [4.69, 9.17) is 23.2 Å². The van der Waals surface area contributed by atoms with Gasteiger partial charge >= 0.3 is 0 Å². The molecule has 0 amide bonds. The van der Waals surface area contributed by atoms with Crippen molar-refractivity contribution in [3.63, 3.8) is 0 Å². The Bertz CT molecular complexity index is 414. The minimum absolute atomic E-state index is 0.101.